The molecule has 0 spiro atoms. The van der Waals surface area contributed by atoms with Crippen LogP contribution in [0.15, 0.2) is 0 Å². The molecule has 1 rings (SSSR count). The van der Waals surface area contributed by atoms with Crippen molar-refractivity contribution in [2.45, 2.75) is 31.7 Å². The maximum Gasteiger partial charge on any atom is 0.0377 e. The minimum absolute atomic E-state index is 0. The average Bonchev–Trinajstić information content (AvgIpc) is 2.13. The smallest absolute Gasteiger partial charge is 0.0377 e. The van der Waals surface area contributed by atoms with Crippen molar-refractivity contribution >= 4 is 24.0 Å². The van der Waals surface area contributed by atoms with Crippen molar-refractivity contribution in [3.63, 3.8) is 0 Å². The van der Waals surface area contributed by atoms with Gasteiger partial charge in [0, 0.05) is 11.9 Å². The third kappa shape index (κ3) is 3.65. The molecule has 0 aromatic rings. The summed E-state index contributed by atoms with van der Waals surface area (Å²) < 4.78 is 0. The molecule has 1 saturated heterocycles. The van der Waals surface area contributed by atoms with Gasteiger partial charge in [0.1, 0.15) is 0 Å². The first-order valence-corrected chi connectivity index (χ1v) is 4.26. The van der Waals surface area contributed by atoms with Gasteiger partial charge in [0.15, 0.2) is 0 Å². The second kappa shape index (κ2) is 6.26. The van der Waals surface area contributed by atoms with E-state index in [0.717, 1.165) is 12.4 Å². The molecule has 0 aliphatic carbocycles. The summed E-state index contributed by atoms with van der Waals surface area (Å²) in [4.78, 5) is 0. The molecule has 1 unspecified atom stereocenters. The van der Waals surface area contributed by atoms with Crippen LogP contribution in [0.3, 0.4) is 0 Å². The fraction of sp³-hybridized carbons (Fsp3) is 1.00. The highest BCUT2D eigenvalue weighted by molar-refractivity contribution is 6.18. The Labute approximate surface area is 73.9 Å². The van der Waals surface area contributed by atoms with Crippen LogP contribution in [0.4, 0.5) is 0 Å². The van der Waals surface area contributed by atoms with Gasteiger partial charge >= 0.3 is 0 Å². The van der Waals surface area contributed by atoms with E-state index in [2.05, 4.69) is 5.32 Å². The molecule has 0 radical (unpaired) electrons. The zero-order valence-corrected chi connectivity index (χ0v) is 7.68. The molecule has 1 aliphatic rings. The number of rotatable bonds is 1. The number of hydrogen-bond acceptors (Lipinski definition) is 1. The lowest BCUT2D eigenvalue weighted by Crippen LogP contribution is -2.29. The molecule has 62 valence electrons. The van der Waals surface area contributed by atoms with Crippen LogP contribution in [0.5, 0.6) is 0 Å². The molecule has 1 nitrogen and oxygen atoms in total. The van der Waals surface area contributed by atoms with E-state index in [1.807, 2.05) is 0 Å². The van der Waals surface area contributed by atoms with Crippen molar-refractivity contribution in [3.8, 4) is 0 Å². The van der Waals surface area contributed by atoms with Crippen molar-refractivity contribution in [2.24, 2.45) is 0 Å². The van der Waals surface area contributed by atoms with Crippen LogP contribution in [0.1, 0.15) is 25.7 Å². The van der Waals surface area contributed by atoms with E-state index in [4.69, 9.17) is 11.6 Å². The van der Waals surface area contributed by atoms with Gasteiger partial charge in [-0.1, -0.05) is 12.8 Å². The van der Waals surface area contributed by atoms with Gasteiger partial charge in [0.05, 0.1) is 0 Å². The van der Waals surface area contributed by atoms with Gasteiger partial charge in [-0.2, -0.15) is 0 Å². The topological polar surface area (TPSA) is 12.0 Å². The van der Waals surface area contributed by atoms with E-state index in [-0.39, 0.29) is 12.4 Å². The molecule has 1 heterocycles. The van der Waals surface area contributed by atoms with Gasteiger partial charge in [0.2, 0.25) is 0 Å². The lowest BCUT2D eigenvalue weighted by atomic mass is 10.1. The fourth-order valence-corrected chi connectivity index (χ4v) is 1.50. The van der Waals surface area contributed by atoms with Crippen molar-refractivity contribution in [3.05, 3.63) is 0 Å². The highest BCUT2D eigenvalue weighted by Gasteiger charge is 2.08. The predicted molar refractivity (Wildman–Crippen MR) is 48.2 cm³/mol. The minimum atomic E-state index is 0. The van der Waals surface area contributed by atoms with Gasteiger partial charge < -0.3 is 5.32 Å². The normalized spacial score (nSPS) is 26.7. The zero-order valence-electron chi connectivity index (χ0n) is 6.11. The van der Waals surface area contributed by atoms with E-state index < -0.39 is 0 Å². The lowest BCUT2D eigenvalue weighted by molar-refractivity contribution is 0.555. The SMILES string of the molecule is Cl.ClCC1CCCCCN1. The van der Waals surface area contributed by atoms with Crippen LogP contribution < -0.4 is 5.32 Å². The van der Waals surface area contributed by atoms with Crippen LogP contribution in [-0.2, 0) is 0 Å². The van der Waals surface area contributed by atoms with Crippen molar-refractivity contribution in [1.82, 2.24) is 5.32 Å². The number of hydrogen-bond donors (Lipinski definition) is 1. The summed E-state index contributed by atoms with van der Waals surface area (Å²) in [5, 5.41) is 3.40. The first-order valence-electron chi connectivity index (χ1n) is 3.73. The van der Waals surface area contributed by atoms with E-state index in [9.17, 15) is 0 Å². The summed E-state index contributed by atoms with van der Waals surface area (Å²) in [5.74, 6) is 0.778. The number of alkyl halides is 1. The Kier molecular flexibility index (Phi) is 6.60. The maximum atomic E-state index is 5.69. The van der Waals surface area contributed by atoms with E-state index in [0.29, 0.717) is 6.04 Å². The zero-order chi connectivity index (χ0) is 6.53. The first-order chi connectivity index (χ1) is 4.43. The molecule has 1 aliphatic heterocycles. The Balaban J connectivity index is 0.000000810. The monoisotopic (exact) mass is 183 g/mol. The molecule has 0 saturated carbocycles. The second-order valence-corrected chi connectivity index (χ2v) is 2.96. The number of halogens is 2. The van der Waals surface area contributed by atoms with E-state index >= 15 is 0 Å². The van der Waals surface area contributed by atoms with Gasteiger partial charge in [-0.25, -0.2) is 0 Å². The number of nitrogens with one attached hydrogen (secondary N) is 1. The summed E-state index contributed by atoms with van der Waals surface area (Å²) in [6, 6.07) is 0.592. The molecule has 1 N–H and O–H groups in total. The van der Waals surface area contributed by atoms with Gasteiger partial charge in [-0.05, 0) is 19.4 Å². The van der Waals surface area contributed by atoms with Crippen LogP contribution in [0, 0.1) is 0 Å². The molecule has 0 aromatic carbocycles. The van der Waals surface area contributed by atoms with E-state index in [1.54, 1.807) is 0 Å². The Morgan fingerprint density at radius 1 is 1.30 bits per heavy atom. The Bertz CT molecular complexity index is 70.0. The molecule has 3 heteroatoms. The van der Waals surface area contributed by atoms with Crippen LogP contribution in [-0.4, -0.2) is 18.5 Å². The van der Waals surface area contributed by atoms with Crippen molar-refractivity contribution in [1.29, 1.82) is 0 Å². The summed E-state index contributed by atoms with van der Waals surface area (Å²) in [6.45, 7) is 1.16. The summed E-state index contributed by atoms with van der Waals surface area (Å²) in [6.07, 6.45) is 5.32. The predicted octanol–water partition coefficient (Wildman–Crippen LogP) is 2.18. The molecule has 10 heavy (non-hydrogen) atoms. The summed E-state index contributed by atoms with van der Waals surface area (Å²) in [5.41, 5.74) is 0. The minimum Gasteiger partial charge on any atom is -0.313 e. The molecular formula is C7H15Cl2N. The molecule has 0 bridgehead atoms. The molecule has 1 fully saturated rings. The quantitative estimate of drug-likeness (QED) is 0.616. The van der Waals surface area contributed by atoms with Gasteiger partial charge in [-0.15, -0.1) is 24.0 Å². The molecule has 0 aromatic heterocycles. The van der Waals surface area contributed by atoms with Crippen LogP contribution >= 0.6 is 24.0 Å². The summed E-state index contributed by atoms with van der Waals surface area (Å²) in [7, 11) is 0. The average molecular weight is 184 g/mol. The highest BCUT2D eigenvalue weighted by Crippen LogP contribution is 2.08. The van der Waals surface area contributed by atoms with Crippen LogP contribution in [0.2, 0.25) is 0 Å². The standard InChI is InChI=1S/C7H14ClN.ClH/c8-6-7-4-2-1-3-5-9-7;/h7,9H,1-6H2;1H. The largest absolute Gasteiger partial charge is 0.313 e. The van der Waals surface area contributed by atoms with Crippen molar-refractivity contribution < 1.29 is 0 Å². The van der Waals surface area contributed by atoms with Crippen LogP contribution in [0.25, 0.3) is 0 Å². The molecule has 1 atom stereocenters. The Morgan fingerprint density at radius 2 is 2.10 bits per heavy atom. The lowest BCUT2D eigenvalue weighted by Gasteiger charge is -2.10. The second-order valence-electron chi connectivity index (χ2n) is 2.65. The van der Waals surface area contributed by atoms with Crippen molar-refractivity contribution in [2.75, 3.05) is 12.4 Å². The fourth-order valence-electron chi connectivity index (χ4n) is 1.23. The maximum absolute atomic E-state index is 5.69. The Hall–Kier alpha value is 0.540. The molecular weight excluding hydrogens is 169 g/mol. The van der Waals surface area contributed by atoms with E-state index in [1.165, 1.54) is 25.7 Å². The first kappa shape index (κ1) is 10.5. The van der Waals surface area contributed by atoms with Gasteiger partial charge in [0.25, 0.3) is 0 Å². The molecule has 0 amide bonds. The third-order valence-corrected chi connectivity index (χ3v) is 2.22. The van der Waals surface area contributed by atoms with Gasteiger partial charge in [-0.3, -0.25) is 0 Å². The Morgan fingerprint density at radius 3 is 2.80 bits per heavy atom. The third-order valence-electron chi connectivity index (χ3n) is 1.85. The summed E-state index contributed by atoms with van der Waals surface area (Å²) >= 11 is 5.69. The highest BCUT2D eigenvalue weighted by atomic mass is 35.5.